The number of anilines is 1. The molecular formula is C9H8N2S2. The fourth-order valence-electron chi connectivity index (χ4n) is 1.59. The Balaban J connectivity index is 2.29. The molecule has 0 fully saturated rings. The van der Waals surface area contributed by atoms with E-state index in [1.54, 1.807) is 22.7 Å². The Morgan fingerprint density at radius 1 is 1.54 bits per heavy atom. The molecule has 13 heavy (non-hydrogen) atoms. The smallest absolute Gasteiger partial charge is 0.0981 e. The molecule has 0 radical (unpaired) electrons. The van der Waals surface area contributed by atoms with Crippen molar-refractivity contribution < 1.29 is 0 Å². The van der Waals surface area contributed by atoms with Crippen LogP contribution in [0.5, 0.6) is 0 Å². The van der Waals surface area contributed by atoms with Crippen LogP contribution in [0.15, 0.2) is 11.4 Å². The summed E-state index contributed by atoms with van der Waals surface area (Å²) >= 11 is 3.54. The molecule has 0 spiro atoms. The van der Waals surface area contributed by atoms with Gasteiger partial charge in [0.05, 0.1) is 27.1 Å². The van der Waals surface area contributed by atoms with Crippen LogP contribution in [-0.4, -0.2) is 4.98 Å². The molecule has 2 aromatic rings. The van der Waals surface area contributed by atoms with E-state index in [4.69, 9.17) is 0 Å². The molecule has 0 amide bonds. The van der Waals surface area contributed by atoms with E-state index in [-0.39, 0.29) is 0 Å². The van der Waals surface area contributed by atoms with Gasteiger partial charge in [-0.2, -0.15) is 0 Å². The van der Waals surface area contributed by atoms with Gasteiger partial charge in [-0.25, -0.2) is 4.98 Å². The highest BCUT2D eigenvalue weighted by Gasteiger charge is 2.19. The van der Waals surface area contributed by atoms with Gasteiger partial charge in [-0.15, -0.1) is 22.7 Å². The van der Waals surface area contributed by atoms with Crippen LogP contribution in [0.3, 0.4) is 0 Å². The molecule has 1 N–H and O–H groups in total. The molecule has 3 heterocycles. The van der Waals surface area contributed by atoms with Gasteiger partial charge in [-0.1, -0.05) is 0 Å². The van der Waals surface area contributed by atoms with E-state index in [1.165, 1.54) is 21.1 Å². The Bertz CT molecular complexity index is 456. The number of hydrogen-bond acceptors (Lipinski definition) is 4. The molecule has 0 bridgehead atoms. The van der Waals surface area contributed by atoms with Gasteiger partial charge in [-0.05, 0) is 18.4 Å². The second kappa shape index (κ2) is 2.56. The lowest BCUT2D eigenvalue weighted by Gasteiger charge is -2.12. The van der Waals surface area contributed by atoms with Crippen molar-refractivity contribution in [3.8, 4) is 11.3 Å². The molecule has 4 heteroatoms. The van der Waals surface area contributed by atoms with Gasteiger partial charge < -0.3 is 5.32 Å². The van der Waals surface area contributed by atoms with Crippen LogP contribution in [0.25, 0.3) is 11.3 Å². The first-order valence-electron chi connectivity index (χ1n) is 4.12. The molecule has 0 saturated heterocycles. The zero-order valence-corrected chi connectivity index (χ0v) is 8.76. The summed E-state index contributed by atoms with van der Waals surface area (Å²) in [7, 11) is 0. The molecule has 0 unspecified atom stereocenters. The Kier molecular flexibility index (Phi) is 1.48. The van der Waals surface area contributed by atoms with Crippen molar-refractivity contribution in [3.05, 3.63) is 21.3 Å². The predicted octanol–water partition coefficient (Wildman–Crippen LogP) is 3.11. The number of thiophene rings is 1. The Hall–Kier alpha value is -0.870. The van der Waals surface area contributed by atoms with Crippen molar-refractivity contribution >= 4 is 27.7 Å². The monoisotopic (exact) mass is 208 g/mol. The first kappa shape index (κ1) is 7.53. The Morgan fingerprint density at radius 3 is 3.38 bits per heavy atom. The summed E-state index contributed by atoms with van der Waals surface area (Å²) in [5, 5.41) is 7.93. The van der Waals surface area contributed by atoms with Gasteiger partial charge in [-0.3, -0.25) is 0 Å². The van der Waals surface area contributed by atoms with Crippen molar-refractivity contribution in [1.82, 2.24) is 4.98 Å². The number of fused-ring (bicyclic) bond motifs is 3. The SMILES string of the molecule is Cc1nc2c(s1)CNc1sccc1-2. The van der Waals surface area contributed by atoms with Gasteiger partial charge in [0.15, 0.2) is 0 Å². The van der Waals surface area contributed by atoms with Crippen LogP contribution in [0.4, 0.5) is 5.00 Å². The summed E-state index contributed by atoms with van der Waals surface area (Å²) < 4.78 is 0. The van der Waals surface area contributed by atoms with Gasteiger partial charge in [0.1, 0.15) is 0 Å². The summed E-state index contributed by atoms with van der Waals surface area (Å²) in [6.07, 6.45) is 0. The number of thiazole rings is 1. The molecule has 1 aliphatic heterocycles. The third-order valence-corrected chi connectivity index (χ3v) is 3.98. The highest BCUT2D eigenvalue weighted by molar-refractivity contribution is 7.15. The lowest BCUT2D eigenvalue weighted by Crippen LogP contribution is -2.03. The largest absolute Gasteiger partial charge is 0.371 e. The lowest BCUT2D eigenvalue weighted by atomic mass is 10.1. The number of hydrogen-bond donors (Lipinski definition) is 1. The molecule has 66 valence electrons. The lowest BCUT2D eigenvalue weighted by molar-refractivity contribution is 1.16. The quantitative estimate of drug-likeness (QED) is 0.719. The minimum atomic E-state index is 0.939. The molecule has 0 aromatic carbocycles. The predicted molar refractivity (Wildman–Crippen MR) is 57.5 cm³/mol. The number of aromatic nitrogens is 1. The normalized spacial score (nSPS) is 13.3. The third kappa shape index (κ3) is 1.02. The van der Waals surface area contributed by atoms with Crippen LogP contribution in [0.1, 0.15) is 9.88 Å². The van der Waals surface area contributed by atoms with E-state index in [9.17, 15) is 0 Å². The second-order valence-corrected chi connectivity index (χ2v) is 5.23. The molecular weight excluding hydrogens is 200 g/mol. The standard InChI is InChI=1S/C9H8N2S2/c1-5-11-8-6-2-3-12-9(6)10-4-7(8)13-5/h2-3,10H,4H2,1H3. The zero-order chi connectivity index (χ0) is 8.84. The van der Waals surface area contributed by atoms with E-state index < -0.39 is 0 Å². The van der Waals surface area contributed by atoms with E-state index in [1.807, 2.05) is 0 Å². The van der Waals surface area contributed by atoms with Gasteiger partial charge in [0.2, 0.25) is 0 Å². The molecule has 0 saturated carbocycles. The van der Waals surface area contributed by atoms with Crippen molar-refractivity contribution in [2.24, 2.45) is 0 Å². The van der Waals surface area contributed by atoms with Crippen LogP contribution in [0, 0.1) is 6.92 Å². The minimum Gasteiger partial charge on any atom is -0.371 e. The Morgan fingerprint density at radius 2 is 2.46 bits per heavy atom. The first-order chi connectivity index (χ1) is 6.34. The summed E-state index contributed by atoms with van der Waals surface area (Å²) in [4.78, 5) is 5.91. The third-order valence-electron chi connectivity index (χ3n) is 2.13. The Labute approximate surface area is 84.3 Å². The van der Waals surface area contributed by atoms with Crippen molar-refractivity contribution in [3.63, 3.8) is 0 Å². The number of nitrogens with one attached hydrogen (secondary N) is 1. The molecule has 2 nitrogen and oxygen atoms in total. The van der Waals surface area contributed by atoms with Crippen molar-refractivity contribution in [2.75, 3.05) is 5.32 Å². The van der Waals surface area contributed by atoms with E-state index in [0.29, 0.717) is 0 Å². The minimum absolute atomic E-state index is 0.939. The average molecular weight is 208 g/mol. The van der Waals surface area contributed by atoms with Crippen molar-refractivity contribution in [1.29, 1.82) is 0 Å². The number of aryl methyl sites for hydroxylation is 1. The van der Waals surface area contributed by atoms with Gasteiger partial charge in [0.25, 0.3) is 0 Å². The molecule has 0 atom stereocenters. The summed E-state index contributed by atoms with van der Waals surface area (Å²) in [5.41, 5.74) is 2.47. The topological polar surface area (TPSA) is 24.9 Å². The highest BCUT2D eigenvalue weighted by Crippen LogP contribution is 2.40. The fourth-order valence-corrected chi connectivity index (χ4v) is 3.27. The number of nitrogens with zero attached hydrogens (tertiary/aromatic N) is 1. The van der Waals surface area contributed by atoms with Crippen LogP contribution >= 0.6 is 22.7 Å². The van der Waals surface area contributed by atoms with Crippen LogP contribution < -0.4 is 5.32 Å². The van der Waals surface area contributed by atoms with Crippen molar-refractivity contribution in [2.45, 2.75) is 13.5 Å². The van der Waals surface area contributed by atoms with E-state index in [2.05, 4.69) is 28.7 Å². The maximum atomic E-state index is 4.55. The average Bonchev–Trinajstić information content (AvgIpc) is 2.65. The summed E-state index contributed by atoms with van der Waals surface area (Å²) in [6, 6.07) is 2.14. The maximum Gasteiger partial charge on any atom is 0.0981 e. The summed E-state index contributed by atoms with van der Waals surface area (Å²) in [5.74, 6) is 0. The highest BCUT2D eigenvalue weighted by atomic mass is 32.1. The van der Waals surface area contributed by atoms with Crippen LogP contribution in [-0.2, 0) is 6.54 Å². The number of rotatable bonds is 0. The van der Waals surface area contributed by atoms with Gasteiger partial charge in [0, 0.05) is 5.56 Å². The summed E-state index contributed by atoms with van der Waals surface area (Å²) in [6.45, 7) is 3.00. The maximum absolute atomic E-state index is 4.55. The fraction of sp³-hybridized carbons (Fsp3) is 0.222. The molecule has 2 aromatic heterocycles. The molecule has 3 rings (SSSR count). The molecule has 1 aliphatic rings. The second-order valence-electron chi connectivity index (χ2n) is 3.02. The zero-order valence-electron chi connectivity index (χ0n) is 7.13. The van der Waals surface area contributed by atoms with Crippen LogP contribution in [0.2, 0.25) is 0 Å². The van der Waals surface area contributed by atoms with E-state index >= 15 is 0 Å². The van der Waals surface area contributed by atoms with E-state index in [0.717, 1.165) is 11.6 Å². The molecule has 0 aliphatic carbocycles. The van der Waals surface area contributed by atoms with Gasteiger partial charge >= 0.3 is 0 Å². The first-order valence-corrected chi connectivity index (χ1v) is 5.82.